The number of hydrogen-bond donors (Lipinski definition) is 0. The molecule has 2 heterocycles. The number of nitrogens with zero attached hydrogens (tertiary/aromatic N) is 3. The molecule has 210 valence electrons. The van der Waals surface area contributed by atoms with E-state index < -0.39 is 0 Å². The van der Waals surface area contributed by atoms with Gasteiger partial charge in [0.2, 0.25) is 5.43 Å². The third-order valence-corrected chi connectivity index (χ3v) is 8.43. The van der Waals surface area contributed by atoms with Gasteiger partial charge in [0.25, 0.3) is 5.91 Å². The predicted molar refractivity (Wildman–Crippen MR) is 161 cm³/mol. The number of carbonyl (C=O) groups excluding carboxylic acids is 1. The predicted octanol–water partition coefficient (Wildman–Crippen LogP) is 5.69. The highest BCUT2D eigenvalue weighted by Crippen LogP contribution is 2.34. The van der Waals surface area contributed by atoms with Gasteiger partial charge in [-0.15, -0.1) is 11.8 Å². The molecule has 1 aliphatic carbocycles. The SMILES string of the molecule is CN1CN(Cc2c(CSc3ccccc3)cccc2OCC2CC2)n2ccc(=O)c(OCc3ccccc3)c2C1=O. The van der Waals surface area contributed by atoms with E-state index in [-0.39, 0.29) is 29.4 Å². The van der Waals surface area contributed by atoms with Gasteiger partial charge in [0.05, 0.1) is 13.2 Å². The van der Waals surface area contributed by atoms with E-state index in [4.69, 9.17) is 9.47 Å². The molecule has 0 radical (unpaired) electrons. The van der Waals surface area contributed by atoms with Gasteiger partial charge in [0.1, 0.15) is 19.0 Å². The molecule has 0 N–H and O–H groups in total. The maximum absolute atomic E-state index is 13.4. The summed E-state index contributed by atoms with van der Waals surface area (Å²) >= 11 is 1.78. The molecule has 4 aromatic rings. The topological polar surface area (TPSA) is 64.0 Å². The van der Waals surface area contributed by atoms with Crippen LogP contribution in [0.5, 0.6) is 11.5 Å². The van der Waals surface area contributed by atoms with Crippen molar-refractivity contribution in [1.82, 2.24) is 9.58 Å². The van der Waals surface area contributed by atoms with E-state index in [1.54, 1.807) is 34.6 Å². The first kappa shape index (κ1) is 27.0. The van der Waals surface area contributed by atoms with Crippen LogP contribution in [0.2, 0.25) is 0 Å². The maximum Gasteiger partial charge on any atom is 0.277 e. The fourth-order valence-corrected chi connectivity index (χ4v) is 5.85. The van der Waals surface area contributed by atoms with E-state index in [2.05, 4.69) is 29.3 Å². The van der Waals surface area contributed by atoms with Crippen molar-refractivity contribution in [2.45, 2.75) is 36.6 Å². The van der Waals surface area contributed by atoms with Crippen molar-refractivity contribution < 1.29 is 14.3 Å². The highest BCUT2D eigenvalue weighted by Gasteiger charge is 2.32. The Morgan fingerprint density at radius 3 is 2.39 bits per heavy atom. The number of amides is 1. The van der Waals surface area contributed by atoms with E-state index in [0.717, 1.165) is 22.6 Å². The second-order valence-corrected chi connectivity index (χ2v) is 11.6. The van der Waals surface area contributed by atoms with Crippen molar-refractivity contribution in [1.29, 1.82) is 0 Å². The molecule has 1 amide bonds. The van der Waals surface area contributed by atoms with Gasteiger partial charge < -0.3 is 14.4 Å². The number of aromatic nitrogens is 1. The van der Waals surface area contributed by atoms with Gasteiger partial charge in [-0.25, -0.2) is 0 Å². The lowest BCUT2D eigenvalue weighted by Gasteiger charge is -2.38. The van der Waals surface area contributed by atoms with E-state index in [1.807, 2.05) is 54.6 Å². The first-order chi connectivity index (χ1) is 20.1. The van der Waals surface area contributed by atoms with Crippen LogP contribution in [0.15, 0.2) is 101 Å². The molecular formula is C33H33N3O4S. The fraction of sp³-hybridized carbons (Fsp3) is 0.273. The maximum atomic E-state index is 13.4. The summed E-state index contributed by atoms with van der Waals surface area (Å²) < 4.78 is 14.1. The van der Waals surface area contributed by atoms with E-state index >= 15 is 0 Å². The Bertz CT molecular complexity index is 1570. The summed E-state index contributed by atoms with van der Waals surface area (Å²) in [5, 5.41) is 2.06. The van der Waals surface area contributed by atoms with Crippen molar-refractivity contribution in [3.63, 3.8) is 0 Å². The Morgan fingerprint density at radius 2 is 1.63 bits per heavy atom. The van der Waals surface area contributed by atoms with Gasteiger partial charge in [0, 0.05) is 35.5 Å². The minimum Gasteiger partial charge on any atom is -0.493 e. The lowest BCUT2D eigenvalue weighted by Crippen LogP contribution is -2.52. The molecule has 0 saturated heterocycles. The number of ether oxygens (including phenoxy) is 2. The molecule has 7 nitrogen and oxygen atoms in total. The molecule has 0 bridgehead atoms. The Morgan fingerprint density at radius 1 is 0.878 bits per heavy atom. The molecule has 1 aliphatic heterocycles. The minimum atomic E-state index is -0.316. The van der Waals surface area contributed by atoms with Crippen molar-refractivity contribution in [3.05, 3.63) is 124 Å². The van der Waals surface area contributed by atoms with Gasteiger partial charge >= 0.3 is 0 Å². The van der Waals surface area contributed by atoms with Gasteiger partial charge in [0.15, 0.2) is 11.4 Å². The number of benzene rings is 3. The molecule has 1 saturated carbocycles. The van der Waals surface area contributed by atoms with Crippen molar-refractivity contribution in [2.24, 2.45) is 5.92 Å². The lowest BCUT2D eigenvalue weighted by molar-refractivity contribution is 0.0728. The first-order valence-corrected chi connectivity index (χ1v) is 14.9. The zero-order chi connectivity index (χ0) is 28.2. The molecule has 2 aliphatic rings. The molecule has 3 aromatic carbocycles. The normalized spacial score (nSPS) is 14.6. The average molecular weight is 568 g/mol. The summed E-state index contributed by atoms with van der Waals surface area (Å²) in [5.41, 5.74) is 3.10. The van der Waals surface area contributed by atoms with E-state index in [0.29, 0.717) is 25.7 Å². The molecule has 0 spiro atoms. The first-order valence-electron chi connectivity index (χ1n) is 13.9. The van der Waals surface area contributed by atoms with Crippen LogP contribution in [0.4, 0.5) is 0 Å². The summed E-state index contributed by atoms with van der Waals surface area (Å²) in [6, 6.07) is 27.7. The number of fused-ring (bicyclic) bond motifs is 1. The molecule has 0 unspecified atom stereocenters. The zero-order valence-electron chi connectivity index (χ0n) is 23.1. The van der Waals surface area contributed by atoms with Crippen LogP contribution >= 0.6 is 11.8 Å². The number of hydrogen-bond acceptors (Lipinski definition) is 6. The molecule has 0 atom stereocenters. The highest BCUT2D eigenvalue weighted by atomic mass is 32.2. The zero-order valence-corrected chi connectivity index (χ0v) is 23.9. The van der Waals surface area contributed by atoms with Gasteiger partial charge in [-0.2, -0.15) is 0 Å². The second kappa shape index (κ2) is 12.1. The largest absolute Gasteiger partial charge is 0.493 e. The second-order valence-electron chi connectivity index (χ2n) is 10.5. The summed E-state index contributed by atoms with van der Waals surface area (Å²) in [5.74, 6) is 2.09. The fourth-order valence-electron chi connectivity index (χ4n) is 4.91. The van der Waals surface area contributed by atoms with Crippen LogP contribution in [0.25, 0.3) is 0 Å². The Hall–Kier alpha value is -4.17. The monoisotopic (exact) mass is 567 g/mol. The van der Waals surface area contributed by atoms with Crippen molar-refractivity contribution >= 4 is 17.7 Å². The molecule has 1 aromatic heterocycles. The Balaban J connectivity index is 1.33. The van der Waals surface area contributed by atoms with E-state index in [1.165, 1.54) is 29.4 Å². The molecule has 8 heteroatoms. The van der Waals surface area contributed by atoms with Crippen LogP contribution in [0, 0.1) is 5.92 Å². The summed E-state index contributed by atoms with van der Waals surface area (Å²) in [4.78, 5) is 29.2. The number of pyridine rings is 1. The van der Waals surface area contributed by atoms with Crippen LogP contribution in [0.3, 0.4) is 0 Å². The average Bonchev–Trinajstić information content (AvgIpc) is 3.83. The van der Waals surface area contributed by atoms with E-state index in [9.17, 15) is 9.59 Å². The third-order valence-electron chi connectivity index (χ3n) is 7.37. The molecule has 1 fully saturated rings. The molecule has 41 heavy (non-hydrogen) atoms. The highest BCUT2D eigenvalue weighted by molar-refractivity contribution is 7.98. The Kier molecular flexibility index (Phi) is 8.00. The molecular weight excluding hydrogens is 534 g/mol. The number of carbonyl (C=O) groups is 1. The van der Waals surface area contributed by atoms with Crippen LogP contribution in [-0.2, 0) is 18.9 Å². The third kappa shape index (κ3) is 6.28. The van der Waals surface area contributed by atoms with Gasteiger partial charge in [-0.05, 0) is 48.1 Å². The number of thioether (sulfide) groups is 1. The van der Waals surface area contributed by atoms with Crippen LogP contribution < -0.4 is 19.9 Å². The molecule has 6 rings (SSSR count). The van der Waals surface area contributed by atoms with Crippen molar-refractivity contribution in [3.8, 4) is 11.5 Å². The number of rotatable bonds is 11. The van der Waals surface area contributed by atoms with Gasteiger partial charge in [-0.3, -0.25) is 19.3 Å². The smallest absolute Gasteiger partial charge is 0.277 e. The van der Waals surface area contributed by atoms with Crippen LogP contribution in [-0.4, -0.2) is 35.8 Å². The summed E-state index contributed by atoms with van der Waals surface area (Å²) in [6.07, 6.45) is 4.10. The minimum absolute atomic E-state index is 0.0658. The van der Waals surface area contributed by atoms with Crippen LogP contribution in [0.1, 0.15) is 40.0 Å². The quantitative estimate of drug-likeness (QED) is 0.217. The standard InChI is InChI=1S/C33H33N3O4S/c1-34-23-35(36-18-17-29(37)32(31(36)33(34)38)40-21-24-9-4-2-5-10-24)19-28-26(22-41-27-12-6-3-7-13-27)11-8-14-30(28)39-20-25-15-16-25/h2-14,17-18,25H,15-16,19-23H2,1H3. The Labute approximate surface area is 244 Å². The summed E-state index contributed by atoms with van der Waals surface area (Å²) in [7, 11) is 1.75. The lowest BCUT2D eigenvalue weighted by atomic mass is 10.1. The van der Waals surface area contributed by atoms with Crippen molar-refractivity contribution in [2.75, 3.05) is 25.3 Å². The summed E-state index contributed by atoms with van der Waals surface area (Å²) in [6.45, 7) is 1.76. The van der Waals surface area contributed by atoms with Gasteiger partial charge in [-0.1, -0.05) is 60.7 Å².